The van der Waals surface area contributed by atoms with Crippen molar-refractivity contribution in [3.63, 3.8) is 0 Å². The van der Waals surface area contributed by atoms with Crippen molar-refractivity contribution in [2.45, 2.75) is 37.6 Å². The Bertz CT molecular complexity index is 1060. The number of morpholine rings is 1. The number of benzene rings is 1. The van der Waals surface area contributed by atoms with Gasteiger partial charge >= 0.3 is 0 Å². The van der Waals surface area contributed by atoms with Gasteiger partial charge in [-0.1, -0.05) is 30.0 Å². The van der Waals surface area contributed by atoms with Crippen LogP contribution in [0.4, 0.5) is 0 Å². The SMILES string of the molecule is Cc1cc(C)n2nc(SCc3ccccc3C(=O)NCCCCN3CCOCC3)nc2n1. The number of carbonyl (C=O) groups is 1. The Labute approximate surface area is 192 Å². The minimum Gasteiger partial charge on any atom is -0.379 e. The molecule has 170 valence electrons. The Balaban J connectivity index is 1.29. The summed E-state index contributed by atoms with van der Waals surface area (Å²) in [6, 6.07) is 9.72. The number of nitrogens with zero attached hydrogens (tertiary/aromatic N) is 5. The number of hydrogen-bond donors (Lipinski definition) is 1. The molecule has 1 fully saturated rings. The highest BCUT2D eigenvalue weighted by molar-refractivity contribution is 7.98. The number of ether oxygens (including phenoxy) is 1. The topological polar surface area (TPSA) is 84.7 Å². The Kier molecular flexibility index (Phi) is 7.72. The minimum atomic E-state index is -0.0244. The lowest BCUT2D eigenvalue weighted by molar-refractivity contribution is 0.0372. The van der Waals surface area contributed by atoms with Crippen molar-refractivity contribution in [1.29, 1.82) is 0 Å². The number of hydrogen-bond acceptors (Lipinski definition) is 7. The van der Waals surface area contributed by atoms with Crippen molar-refractivity contribution in [3.8, 4) is 0 Å². The fourth-order valence-corrected chi connectivity index (χ4v) is 4.62. The average molecular weight is 455 g/mol. The second-order valence-corrected chi connectivity index (χ2v) is 8.95. The van der Waals surface area contributed by atoms with Crippen molar-refractivity contribution < 1.29 is 9.53 Å². The van der Waals surface area contributed by atoms with E-state index in [9.17, 15) is 4.79 Å². The van der Waals surface area contributed by atoms with Crippen LogP contribution in [0.1, 0.15) is 40.2 Å². The van der Waals surface area contributed by atoms with E-state index in [1.165, 1.54) is 11.8 Å². The summed E-state index contributed by atoms with van der Waals surface area (Å²) in [5, 5.41) is 8.28. The maximum absolute atomic E-state index is 12.8. The Morgan fingerprint density at radius 2 is 1.97 bits per heavy atom. The average Bonchev–Trinajstić information content (AvgIpc) is 3.21. The molecule has 1 aliphatic rings. The highest BCUT2D eigenvalue weighted by Gasteiger charge is 2.14. The van der Waals surface area contributed by atoms with E-state index in [0.717, 1.165) is 62.6 Å². The molecule has 1 amide bonds. The summed E-state index contributed by atoms with van der Waals surface area (Å²) >= 11 is 1.51. The van der Waals surface area contributed by atoms with Gasteiger partial charge in [0.25, 0.3) is 11.7 Å². The summed E-state index contributed by atoms with van der Waals surface area (Å²) in [5.41, 5.74) is 3.61. The normalized spacial score (nSPS) is 14.7. The molecule has 0 aliphatic carbocycles. The van der Waals surface area contributed by atoms with Gasteiger partial charge in [0.1, 0.15) is 0 Å². The van der Waals surface area contributed by atoms with E-state index in [1.807, 2.05) is 44.2 Å². The third-order valence-corrected chi connectivity index (χ3v) is 6.39. The number of rotatable bonds is 9. The van der Waals surface area contributed by atoms with Crippen molar-refractivity contribution in [3.05, 3.63) is 52.8 Å². The molecule has 1 aliphatic heterocycles. The Morgan fingerprint density at radius 1 is 1.16 bits per heavy atom. The number of aromatic nitrogens is 4. The first-order chi connectivity index (χ1) is 15.6. The van der Waals surface area contributed by atoms with Crippen LogP contribution in [0.3, 0.4) is 0 Å². The van der Waals surface area contributed by atoms with Crippen LogP contribution in [-0.2, 0) is 10.5 Å². The number of amides is 1. The van der Waals surface area contributed by atoms with Gasteiger partial charge in [-0.3, -0.25) is 9.69 Å². The van der Waals surface area contributed by atoms with Crippen LogP contribution in [0.5, 0.6) is 0 Å². The van der Waals surface area contributed by atoms with Gasteiger partial charge in [-0.05, 0) is 50.9 Å². The number of thioether (sulfide) groups is 1. The molecule has 9 heteroatoms. The molecule has 1 aromatic carbocycles. The number of fused-ring (bicyclic) bond motifs is 1. The maximum Gasteiger partial charge on any atom is 0.253 e. The Morgan fingerprint density at radius 3 is 2.81 bits per heavy atom. The highest BCUT2D eigenvalue weighted by atomic mass is 32.2. The van der Waals surface area contributed by atoms with Crippen LogP contribution in [0.25, 0.3) is 5.78 Å². The second kappa shape index (κ2) is 10.9. The summed E-state index contributed by atoms with van der Waals surface area (Å²) in [4.78, 5) is 24.2. The molecule has 0 saturated carbocycles. The van der Waals surface area contributed by atoms with E-state index in [4.69, 9.17) is 4.74 Å². The van der Waals surface area contributed by atoms with Crippen LogP contribution >= 0.6 is 11.8 Å². The summed E-state index contributed by atoms with van der Waals surface area (Å²) in [6.07, 6.45) is 2.04. The van der Waals surface area contributed by atoms with Gasteiger partial charge in [0.15, 0.2) is 0 Å². The predicted octanol–water partition coefficient (Wildman–Crippen LogP) is 2.88. The zero-order chi connectivity index (χ0) is 22.3. The van der Waals surface area contributed by atoms with Crippen LogP contribution in [0.15, 0.2) is 35.5 Å². The van der Waals surface area contributed by atoms with Gasteiger partial charge in [-0.15, -0.1) is 5.10 Å². The van der Waals surface area contributed by atoms with Crippen molar-refractivity contribution in [1.82, 2.24) is 29.8 Å². The van der Waals surface area contributed by atoms with Gasteiger partial charge in [-0.2, -0.15) is 4.98 Å². The zero-order valence-corrected chi connectivity index (χ0v) is 19.5. The predicted molar refractivity (Wildman–Crippen MR) is 125 cm³/mol. The molecule has 3 aromatic rings. The summed E-state index contributed by atoms with van der Waals surface area (Å²) in [5.74, 6) is 1.20. The second-order valence-electron chi connectivity index (χ2n) is 8.01. The molecule has 0 bridgehead atoms. The third kappa shape index (κ3) is 5.85. The van der Waals surface area contributed by atoms with E-state index < -0.39 is 0 Å². The molecule has 4 rings (SSSR count). The molecule has 2 aromatic heterocycles. The lowest BCUT2D eigenvalue weighted by atomic mass is 10.1. The smallest absolute Gasteiger partial charge is 0.253 e. The highest BCUT2D eigenvalue weighted by Crippen LogP contribution is 2.22. The molecule has 3 heterocycles. The standard InChI is InChI=1S/C23H30N6O2S/c1-17-15-18(2)29-22(25-17)26-23(27-29)32-16-19-7-3-4-8-20(19)21(30)24-9-5-6-10-28-11-13-31-14-12-28/h3-4,7-8,15H,5-6,9-14,16H2,1-2H3,(H,24,30). The maximum atomic E-state index is 12.8. The van der Waals surface area contributed by atoms with Gasteiger partial charge in [-0.25, -0.2) is 9.50 Å². The number of nitrogens with one attached hydrogen (secondary N) is 1. The fraction of sp³-hybridized carbons (Fsp3) is 0.478. The van der Waals surface area contributed by atoms with E-state index in [2.05, 4.69) is 25.3 Å². The number of unbranched alkanes of at least 4 members (excludes halogenated alkanes) is 1. The van der Waals surface area contributed by atoms with Crippen LogP contribution < -0.4 is 5.32 Å². The monoisotopic (exact) mass is 454 g/mol. The summed E-state index contributed by atoms with van der Waals surface area (Å²) < 4.78 is 7.13. The first-order valence-electron chi connectivity index (χ1n) is 11.1. The molecule has 32 heavy (non-hydrogen) atoms. The molecule has 1 N–H and O–H groups in total. The molecule has 0 spiro atoms. The lowest BCUT2D eigenvalue weighted by Crippen LogP contribution is -2.37. The first kappa shape index (κ1) is 22.7. The Hall–Kier alpha value is -2.49. The summed E-state index contributed by atoms with van der Waals surface area (Å²) in [7, 11) is 0. The molecule has 0 atom stereocenters. The van der Waals surface area contributed by atoms with Crippen LogP contribution in [-0.4, -0.2) is 69.8 Å². The van der Waals surface area contributed by atoms with Gasteiger partial charge in [0.05, 0.1) is 13.2 Å². The molecule has 1 saturated heterocycles. The number of carbonyl (C=O) groups excluding carboxylic acids is 1. The quantitative estimate of drug-likeness (QED) is 0.393. The molecule has 0 unspecified atom stereocenters. The molecule has 8 nitrogen and oxygen atoms in total. The van der Waals surface area contributed by atoms with E-state index in [0.29, 0.717) is 28.8 Å². The van der Waals surface area contributed by atoms with Gasteiger partial charge in [0, 0.05) is 42.3 Å². The van der Waals surface area contributed by atoms with Crippen molar-refractivity contribution in [2.24, 2.45) is 0 Å². The first-order valence-corrected chi connectivity index (χ1v) is 12.1. The van der Waals surface area contributed by atoms with Gasteiger partial charge < -0.3 is 10.1 Å². The van der Waals surface area contributed by atoms with E-state index >= 15 is 0 Å². The van der Waals surface area contributed by atoms with Gasteiger partial charge in [0.2, 0.25) is 5.16 Å². The lowest BCUT2D eigenvalue weighted by Gasteiger charge is -2.26. The fourth-order valence-electron chi connectivity index (χ4n) is 3.80. The minimum absolute atomic E-state index is 0.0244. The van der Waals surface area contributed by atoms with E-state index in [1.54, 1.807) is 4.52 Å². The zero-order valence-electron chi connectivity index (χ0n) is 18.7. The summed E-state index contributed by atoms with van der Waals surface area (Å²) in [6.45, 7) is 9.35. The molecule has 0 radical (unpaired) electrons. The third-order valence-electron chi connectivity index (χ3n) is 5.51. The molecular weight excluding hydrogens is 424 g/mol. The van der Waals surface area contributed by atoms with Crippen LogP contribution in [0.2, 0.25) is 0 Å². The van der Waals surface area contributed by atoms with E-state index in [-0.39, 0.29) is 5.91 Å². The number of aryl methyl sites for hydroxylation is 2. The molecular formula is C23H30N6O2S. The van der Waals surface area contributed by atoms with Crippen molar-refractivity contribution >= 4 is 23.4 Å². The van der Waals surface area contributed by atoms with Crippen molar-refractivity contribution in [2.75, 3.05) is 39.4 Å². The largest absolute Gasteiger partial charge is 0.379 e. The van der Waals surface area contributed by atoms with Crippen LogP contribution in [0, 0.1) is 13.8 Å².